The summed E-state index contributed by atoms with van der Waals surface area (Å²) in [7, 11) is 1.42. The van der Waals surface area contributed by atoms with Gasteiger partial charge in [0.05, 0.1) is 7.11 Å². The Morgan fingerprint density at radius 2 is 2.00 bits per heavy atom. The number of amides is 1. The molecule has 1 N–H and O–H groups in total. The summed E-state index contributed by atoms with van der Waals surface area (Å²) in [6.45, 7) is 1.16. The van der Waals surface area contributed by atoms with Crippen molar-refractivity contribution in [3.05, 3.63) is 39.0 Å². The number of hydrogen-bond acceptors (Lipinski definition) is 6. The standard InChI is InChI=1S/C13H11Cl3N2O6/c1-6(19)17-12(13(14,15)16)24-18-8-4-3-7(22-2)5-9(8)23-11(21)10(18)20/h3-5,12H,1-2H3,(H,17,19). The maximum absolute atomic E-state index is 12.0. The van der Waals surface area contributed by atoms with Crippen LogP contribution in [0.1, 0.15) is 6.92 Å². The lowest BCUT2D eigenvalue weighted by Gasteiger charge is -2.25. The van der Waals surface area contributed by atoms with Crippen LogP contribution in [-0.4, -0.2) is 27.8 Å². The predicted molar refractivity (Wildman–Crippen MR) is 87.8 cm³/mol. The van der Waals surface area contributed by atoms with Crippen molar-refractivity contribution in [3.63, 3.8) is 0 Å². The first-order valence-corrected chi connectivity index (χ1v) is 7.51. The van der Waals surface area contributed by atoms with Crippen LogP contribution in [0.25, 0.3) is 11.1 Å². The molecular weight excluding hydrogens is 387 g/mol. The van der Waals surface area contributed by atoms with Crippen molar-refractivity contribution in [3.8, 4) is 5.75 Å². The third kappa shape index (κ3) is 3.95. The Labute approximate surface area is 149 Å². The van der Waals surface area contributed by atoms with Gasteiger partial charge in [-0.25, -0.2) is 4.79 Å². The zero-order valence-corrected chi connectivity index (χ0v) is 14.6. The minimum absolute atomic E-state index is 0.00448. The molecule has 24 heavy (non-hydrogen) atoms. The minimum atomic E-state index is -2.11. The summed E-state index contributed by atoms with van der Waals surface area (Å²) in [5.74, 6) is -0.191. The molecule has 0 saturated heterocycles. The molecule has 2 aromatic rings. The number of carbonyl (C=O) groups is 1. The maximum atomic E-state index is 12.0. The number of nitrogens with zero attached hydrogens (tertiary/aromatic N) is 1. The molecule has 8 nitrogen and oxygen atoms in total. The molecule has 1 unspecified atom stereocenters. The number of methoxy groups -OCH3 is 1. The number of alkyl halides is 3. The van der Waals surface area contributed by atoms with Gasteiger partial charge in [-0.3, -0.25) is 9.59 Å². The number of benzene rings is 1. The summed E-state index contributed by atoms with van der Waals surface area (Å²) in [5, 5.41) is 2.23. The SMILES string of the molecule is COc1ccc2c(c1)oc(=O)c(=O)n2OC(NC(C)=O)C(Cl)(Cl)Cl. The van der Waals surface area contributed by atoms with Gasteiger partial charge in [-0.15, -0.1) is 4.73 Å². The number of fused-ring (bicyclic) bond motifs is 1. The molecule has 1 amide bonds. The van der Waals surface area contributed by atoms with Crippen molar-refractivity contribution in [2.45, 2.75) is 16.9 Å². The van der Waals surface area contributed by atoms with Crippen LogP contribution in [0.5, 0.6) is 5.75 Å². The van der Waals surface area contributed by atoms with Crippen LogP contribution >= 0.6 is 34.8 Å². The number of aromatic nitrogens is 1. The van der Waals surface area contributed by atoms with Gasteiger partial charge in [-0.1, -0.05) is 34.8 Å². The normalized spacial score (nSPS) is 12.7. The van der Waals surface area contributed by atoms with Crippen molar-refractivity contribution in [1.82, 2.24) is 10.0 Å². The molecule has 2 rings (SSSR count). The van der Waals surface area contributed by atoms with E-state index in [4.69, 9.17) is 48.8 Å². The van der Waals surface area contributed by atoms with E-state index < -0.39 is 27.1 Å². The van der Waals surface area contributed by atoms with Gasteiger partial charge in [0.15, 0.2) is 5.58 Å². The van der Waals surface area contributed by atoms with Crippen molar-refractivity contribution in [1.29, 1.82) is 0 Å². The number of ether oxygens (including phenoxy) is 1. The zero-order valence-electron chi connectivity index (χ0n) is 12.3. The van der Waals surface area contributed by atoms with Gasteiger partial charge in [-0.2, -0.15) is 0 Å². The molecule has 11 heteroatoms. The molecule has 1 aromatic carbocycles. The molecule has 0 spiro atoms. The second-order valence-corrected chi connectivity index (χ2v) is 6.92. The highest BCUT2D eigenvalue weighted by Gasteiger charge is 2.37. The van der Waals surface area contributed by atoms with Crippen LogP contribution in [-0.2, 0) is 4.79 Å². The number of rotatable bonds is 4. The first-order valence-electron chi connectivity index (χ1n) is 6.38. The molecular formula is C13H11Cl3N2O6. The predicted octanol–water partition coefficient (Wildman–Crippen LogP) is 1.22. The fourth-order valence-corrected chi connectivity index (χ4v) is 2.05. The van der Waals surface area contributed by atoms with E-state index in [-0.39, 0.29) is 11.1 Å². The number of hydrogen-bond donors (Lipinski definition) is 1. The minimum Gasteiger partial charge on any atom is -0.497 e. The Hall–Kier alpha value is -1.90. The third-order valence-electron chi connectivity index (χ3n) is 2.79. The van der Waals surface area contributed by atoms with Crippen LogP contribution in [0.4, 0.5) is 0 Å². The Balaban J connectivity index is 2.61. The van der Waals surface area contributed by atoms with E-state index >= 15 is 0 Å². The molecule has 0 fully saturated rings. The molecule has 0 radical (unpaired) electrons. The van der Waals surface area contributed by atoms with Gasteiger partial charge >= 0.3 is 11.2 Å². The van der Waals surface area contributed by atoms with Gasteiger partial charge in [0.25, 0.3) is 0 Å². The molecule has 0 aliphatic rings. The molecule has 1 atom stereocenters. The lowest BCUT2D eigenvalue weighted by atomic mass is 10.3. The Morgan fingerprint density at radius 1 is 1.33 bits per heavy atom. The molecule has 1 heterocycles. The number of nitrogens with one attached hydrogen (secondary N) is 1. The highest BCUT2D eigenvalue weighted by molar-refractivity contribution is 6.68. The average molecular weight is 398 g/mol. The first-order chi connectivity index (χ1) is 11.1. The van der Waals surface area contributed by atoms with Crippen molar-refractivity contribution in [2.75, 3.05) is 7.11 Å². The Kier molecular flexibility index (Phi) is 5.32. The largest absolute Gasteiger partial charge is 0.497 e. The van der Waals surface area contributed by atoms with E-state index in [0.717, 1.165) is 6.92 Å². The van der Waals surface area contributed by atoms with E-state index in [0.29, 0.717) is 10.5 Å². The number of carbonyl (C=O) groups excluding carboxylic acids is 1. The van der Waals surface area contributed by atoms with Gasteiger partial charge in [-0.05, 0) is 12.1 Å². The monoisotopic (exact) mass is 396 g/mol. The van der Waals surface area contributed by atoms with Crippen molar-refractivity contribution >= 4 is 51.8 Å². The summed E-state index contributed by atoms with van der Waals surface area (Å²) in [6, 6.07) is 4.28. The van der Waals surface area contributed by atoms with Crippen molar-refractivity contribution < 1.29 is 18.8 Å². The lowest BCUT2D eigenvalue weighted by Crippen LogP contribution is -2.53. The summed E-state index contributed by atoms with van der Waals surface area (Å²) >= 11 is 17.2. The topological polar surface area (TPSA) is 99.8 Å². The van der Waals surface area contributed by atoms with E-state index in [2.05, 4.69) is 5.32 Å². The zero-order chi connectivity index (χ0) is 18.1. The van der Waals surface area contributed by atoms with Crippen LogP contribution < -0.4 is 26.1 Å². The third-order valence-corrected chi connectivity index (χ3v) is 3.38. The summed E-state index contributed by atoms with van der Waals surface area (Å²) < 4.78 is 8.37. The lowest BCUT2D eigenvalue weighted by molar-refractivity contribution is -0.123. The second-order valence-electron chi connectivity index (χ2n) is 4.55. The van der Waals surface area contributed by atoms with Crippen LogP contribution in [0, 0.1) is 0 Å². The molecule has 0 aliphatic heterocycles. The Bertz CT molecular complexity index is 886. The van der Waals surface area contributed by atoms with E-state index in [1.165, 1.54) is 25.3 Å². The summed E-state index contributed by atoms with van der Waals surface area (Å²) in [6.07, 6.45) is -1.54. The summed E-state index contributed by atoms with van der Waals surface area (Å²) in [4.78, 5) is 40.2. The highest BCUT2D eigenvalue weighted by Crippen LogP contribution is 2.30. The average Bonchev–Trinajstić information content (AvgIpc) is 2.48. The molecule has 130 valence electrons. The van der Waals surface area contributed by atoms with Crippen LogP contribution in [0.2, 0.25) is 0 Å². The Morgan fingerprint density at radius 3 is 2.54 bits per heavy atom. The van der Waals surface area contributed by atoms with Gasteiger partial charge < -0.3 is 19.3 Å². The van der Waals surface area contributed by atoms with E-state index in [1.54, 1.807) is 0 Å². The fourth-order valence-electron chi connectivity index (χ4n) is 1.77. The quantitative estimate of drug-likeness (QED) is 0.473. The van der Waals surface area contributed by atoms with Crippen LogP contribution in [0.3, 0.4) is 0 Å². The van der Waals surface area contributed by atoms with Gasteiger partial charge in [0, 0.05) is 13.0 Å². The smallest absolute Gasteiger partial charge is 0.406 e. The highest BCUT2D eigenvalue weighted by atomic mass is 35.6. The van der Waals surface area contributed by atoms with Crippen LogP contribution in [0.15, 0.2) is 32.2 Å². The molecule has 1 aromatic heterocycles. The fraction of sp³-hybridized carbons (Fsp3) is 0.308. The molecule has 0 aliphatic carbocycles. The van der Waals surface area contributed by atoms with Crippen molar-refractivity contribution in [2.24, 2.45) is 0 Å². The van der Waals surface area contributed by atoms with E-state index in [1.807, 2.05) is 0 Å². The molecule has 0 saturated carbocycles. The second kappa shape index (κ2) is 6.92. The number of halogens is 3. The maximum Gasteiger partial charge on any atom is 0.406 e. The van der Waals surface area contributed by atoms with E-state index in [9.17, 15) is 14.4 Å². The van der Waals surface area contributed by atoms with Gasteiger partial charge in [0.1, 0.15) is 11.3 Å². The molecule has 0 bridgehead atoms. The first kappa shape index (κ1) is 18.4. The summed E-state index contributed by atoms with van der Waals surface area (Å²) in [5.41, 5.74) is -2.28. The van der Waals surface area contributed by atoms with Gasteiger partial charge in [0.2, 0.25) is 15.9 Å².